The zero-order valence-corrected chi connectivity index (χ0v) is 16.9. The van der Waals surface area contributed by atoms with Gasteiger partial charge in [0, 0.05) is 5.56 Å². The van der Waals surface area contributed by atoms with Gasteiger partial charge in [0.05, 0.1) is 25.5 Å². The van der Waals surface area contributed by atoms with E-state index in [2.05, 4.69) is 15.2 Å². The molecule has 5 rings (SSSR count). The van der Waals surface area contributed by atoms with E-state index in [-0.39, 0.29) is 6.10 Å². The molecule has 0 aliphatic carbocycles. The van der Waals surface area contributed by atoms with Gasteiger partial charge in [-0.3, -0.25) is 4.68 Å². The van der Waals surface area contributed by atoms with Crippen LogP contribution in [-0.4, -0.2) is 26.5 Å². The van der Waals surface area contributed by atoms with Gasteiger partial charge in [-0.2, -0.15) is 10.1 Å². The van der Waals surface area contributed by atoms with Crippen LogP contribution in [0.5, 0.6) is 5.75 Å². The number of aromatic nitrogens is 4. The van der Waals surface area contributed by atoms with Crippen LogP contribution < -0.4 is 4.74 Å². The topological polar surface area (TPSA) is 75.2 Å². The quantitative estimate of drug-likeness (QED) is 0.486. The zero-order chi connectivity index (χ0) is 20.5. The third kappa shape index (κ3) is 3.48. The molecule has 7 nitrogen and oxygen atoms in total. The highest BCUT2D eigenvalue weighted by Crippen LogP contribution is 2.30. The molecule has 0 bridgehead atoms. The van der Waals surface area contributed by atoms with Gasteiger partial charge in [0.1, 0.15) is 11.9 Å². The van der Waals surface area contributed by atoms with Crippen molar-refractivity contribution < 1.29 is 14.0 Å². The zero-order valence-electron chi connectivity index (χ0n) is 16.9. The molecular formula is C23H22N4O3. The minimum Gasteiger partial charge on any atom is -0.494 e. The number of benzene rings is 2. The summed E-state index contributed by atoms with van der Waals surface area (Å²) in [4.78, 5) is 4.55. The number of rotatable bonds is 5. The highest BCUT2D eigenvalue weighted by Gasteiger charge is 2.24. The second kappa shape index (κ2) is 7.76. The molecule has 1 unspecified atom stereocenters. The predicted octanol–water partition coefficient (Wildman–Crippen LogP) is 4.58. The molecule has 7 heteroatoms. The minimum absolute atomic E-state index is 0.0638. The van der Waals surface area contributed by atoms with E-state index < -0.39 is 0 Å². The van der Waals surface area contributed by atoms with E-state index in [0.29, 0.717) is 37.2 Å². The maximum absolute atomic E-state index is 6.06. The van der Waals surface area contributed by atoms with Crippen molar-refractivity contribution in [3.8, 4) is 28.7 Å². The molecule has 0 spiro atoms. The predicted molar refractivity (Wildman–Crippen MR) is 111 cm³/mol. The van der Waals surface area contributed by atoms with E-state index in [1.54, 1.807) is 0 Å². The molecular weight excluding hydrogens is 380 g/mol. The van der Waals surface area contributed by atoms with Crippen LogP contribution >= 0.6 is 0 Å². The van der Waals surface area contributed by atoms with Gasteiger partial charge in [0.2, 0.25) is 5.82 Å². The first-order chi connectivity index (χ1) is 14.7. The van der Waals surface area contributed by atoms with Gasteiger partial charge in [-0.05, 0) is 43.2 Å². The van der Waals surface area contributed by atoms with Crippen LogP contribution in [0.25, 0.3) is 23.0 Å². The van der Waals surface area contributed by atoms with Crippen LogP contribution in [0.15, 0.2) is 59.1 Å². The Balaban J connectivity index is 1.36. The largest absolute Gasteiger partial charge is 0.494 e. The summed E-state index contributed by atoms with van der Waals surface area (Å²) in [5.74, 6) is 1.84. The van der Waals surface area contributed by atoms with E-state index in [1.807, 2.05) is 73.1 Å². The van der Waals surface area contributed by atoms with Crippen molar-refractivity contribution in [2.75, 3.05) is 6.61 Å². The van der Waals surface area contributed by atoms with Crippen LogP contribution in [-0.2, 0) is 17.9 Å². The molecule has 1 aliphatic rings. The molecule has 0 N–H and O–H groups in total. The van der Waals surface area contributed by atoms with Crippen LogP contribution in [0.3, 0.4) is 0 Å². The molecule has 0 radical (unpaired) electrons. The van der Waals surface area contributed by atoms with E-state index >= 15 is 0 Å². The second-order valence-electron chi connectivity index (χ2n) is 7.24. The Bertz CT molecular complexity index is 1160. The molecule has 0 saturated carbocycles. The van der Waals surface area contributed by atoms with Gasteiger partial charge in [-0.25, -0.2) is 0 Å². The lowest BCUT2D eigenvalue weighted by Gasteiger charge is -2.24. The van der Waals surface area contributed by atoms with Crippen molar-refractivity contribution in [3.63, 3.8) is 0 Å². The Kier molecular flexibility index (Phi) is 4.80. The highest BCUT2D eigenvalue weighted by molar-refractivity contribution is 5.61. The van der Waals surface area contributed by atoms with Crippen LogP contribution in [0.4, 0.5) is 0 Å². The average Bonchev–Trinajstić information content (AvgIpc) is 3.41. The number of hydrogen-bond acceptors (Lipinski definition) is 6. The molecule has 1 aliphatic heterocycles. The average molecular weight is 402 g/mol. The van der Waals surface area contributed by atoms with Gasteiger partial charge >= 0.3 is 0 Å². The Labute approximate surface area is 174 Å². The fourth-order valence-electron chi connectivity index (χ4n) is 3.64. The SMILES string of the molecule is CCOc1ccc(C2Cn3nc(-c4nc(-c5ccccc5C)no4)cc3CO2)cc1. The molecule has 1 atom stereocenters. The van der Waals surface area contributed by atoms with Crippen LogP contribution in [0.1, 0.15) is 29.8 Å². The monoisotopic (exact) mass is 402 g/mol. The van der Waals surface area contributed by atoms with Gasteiger partial charge < -0.3 is 14.0 Å². The summed E-state index contributed by atoms with van der Waals surface area (Å²) in [5, 5.41) is 8.83. The van der Waals surface area contributed by atoms with Crippen LogP contribution in [0, 0.1) is 6.92 Å². The van der Waals surface area contributed by atoms with E-state index in [4.69, 9.17) is 14.0 Å². The lowest BCUT2D eigenvalue weighted by molar-refractivity contribution is -0.00115. The summed E-state index contributed by atoms with van der Waals surface area (Å²) >= 11 is 0. The van der Waals surface area contributed by atoms with Crippen LogP contribution in [0.2, 0.25) is 0 Å². The fourth-order valence-corrected chi connectivity index (χ4v) is 3.64. The number of aryl methyl sites for hydroxylation is 1. The summed E-state index contributed by atoms with van der Waals surface area (Å²) < 4.78 is 19.0. The molecule has 4 aromatic rings. The van der Waals surface area contributed by atoms with Crippen molar-refractivity contribution in [1.29, 1.82) is 0 Å². The lowest BCUT2D eigenvalue weighted by atomic mass is 10.1. The minimum atomic E-state index is -0.0638. The van der Waals surface area contributed by atoms with Crippen molar-refractivity contribution in [2.24, 2.45) is 0 Å². The van der Waals surface area contributed by atoms with E-state index in [9.17, 15) is 0 Å². The lowest BCUT2D eigenvalue weighted by Crippen LogP contribution is -2.21. The smallest absolute Gasteiger partial charge is 0.278 e. The first-order valence-electron chi connectivity index (χ1n) is 10.0. The van der Waals surface area contributed by atoms with Crippen molar-refractivity contribution in [3.05, 3.63) is 71.4 Å². The van der Waals surface area contributed by atoms with Crippen molar-refractivity contribution in [1.82, 2.24) is 19.9 Å². The molecule has 152 valence electrons. The standard InChI is InChI=1S/C23H22N4O3/c1-3-28-18-10-8-16(9-11-18)21-13-27-17(14-29-21)12-20(25-27)23-24-22(26-30-23)19-7-5-4-6-15(19)2/h4-12,21H,3,13-14H2,1-2H3. The molecule has 3 heterocycles. The third-order valence-electron chi connectivity index (χ3n) is 5.23. The number of fused-ring (bicyclic) bond motifs is 1. The molecule has 0 saturated heterocycles. The Hall–Kier alpha value is -3.45. The molecule has 2 aromatic carbocycles. The summed E-state index contributed by atoms with van der Waals surface area (Å²) in [7, 11) is 0. The summed E-state index contributed by atoms with van der Waals surface area (Å²) in [6, 6.07) is 17.9. The maximum Gasteiger partial charge on any atom is 0.278 e. The first kappa shape index (κ1) is 18.6. The summed E-state index contributed by atoms with van der Waals surface area (Å²) in [5.41, 5.74) is 4.80. The van der Waals surface area contributed by atoms with Gasteiger partial charge in [0.25, 0.3) is 5.89 Å². The third-order valence-corrected chi connectivity index (χ3v) is 5.23. The maximum atomic E-state index is 6.06. The van der Waals surface area contributed by atoms with Crippen molar-refractivity contribution >= 4 is 0 Å². The Morgan fingerprint density at radius 2 is 1.97 bits per heavy atom. The molecule has 30 heavy (non-hydrogen) atoms. The fraction of sp³-hybridized carbons (Fsp3) is 0.261. The number of hydrogen-bond donors (Lipinski definition) is 0. The molecule has 0 fully saturated rings. The normalized spacial score (nSPS) is 15.7. The van der Waals surface area contributed by atoms with E-state index in [1.165, 1.54) is 0 Å². The van der Waals surface area contributed by atoms with Gasteiger partial charge in [0.15, 0.2) is 5.69 Å². The van der Waals surface area contributed by atoms with Gasteiger partial charge in [-0.1, -0.05) is 41.6 Å². The summed E-state index contributed by atoms with van der Waals surface area (Å²) in [6.45, 7) is 5.76. The molecule has 2 aromatic heterocycles. The number of ether oxygens (including phenoxy) is 2. The second-order valence-corrected chi connectivity index (χ2v) is 7.24. The van der Waals surface area contributed by atoms with E-state index in [0.717, 1.165) is 28.1 Å². The Morgan fingerprint density at radius 1 is 1.13 bits per heavy atom. The number of nitrogens with zero attached hydrogens (tertiary/aromatic N) is 4. The summed E-state index contributed by atoms with van der Waals surface area (Å²) in [6.07, 6.45) is -0.0638. The highest BCUT2D eigenvalue weighted by atomic mass is 16.5. The Morgan fingerprint density at radius 3 is 2.77 bits per heavy atom. The molecule has 0 amide bonds. The van der Waals surface area contributed by atoms with Gasteiger partial charge in [-0.15, -0.1) is 0 Å². The first-order valence-corrected chi connectivity index (χ1v) is 10.0. The van der Waals surface area contributed by atoms with Crippen molar-refractivity contribution in [2.45, 2.75) is 33.1 Å².